The topological polar surface area (TPSA) is 35.0 Å². The summed E-state index contributed by atoms with van der Waals surface area (Å²) in [4.78, 5) is 8.06. The highest BCUT2D eigenvalue weighted by atomic mass is 16.5. The van der Waals surface area contributed by atoms with Gasteiger partial charge in [-0.15, -0.1) is 0 Å². The number of aromatic nitrogens is 2. The number of nitrogens with zero attached hydrogens (tertiary/aromatic N) is 2. The number of rotatable bonds is 3. The van der Waals surface area contributed by atoms with E-state index in [1.165, 1.54) is 16.7 Å². The van der Waals surface area contributed by atoms with Gasteiger partial charge in [0.15, 0.2) is 0 Å². The zero-order valence-corrected chi connectivity index (χ0v) is 10.8. The molecule has 0 amide bonds. The Labute approximate surface area is 107 Å². The Morgan fingerprint density at radius 3 is 2.39 bits per heavy atom. The van der Waals surface area contributed by atoms with Gasteiger partial charge in [-0.1, -0.05) is 6.08 Å². The first-order valence-corrected chi connectivity index (χ1v) is 5.80. The van der Waals surface area contributed by atoms with Gasteiger partial charge in [-0.05, 0) is 54.8 Å². The average molecular weight is 240 g/mol. The smallest absolute Gasteiger partial charge is 0.119 e. The molecule has 0 bridgehead atoms. The number of methoxy groups -OCH3 is 1. The standard InChI is InChI=1S/C15H16N2O/c1-11-8-14(18-3)9-12(2)15(11)5-4-13-6-7-16-10-17-13/h4-10H,1-3H3/b5-4+. The summed E-state index contributed by atoms with van der Waals surface area (Å²) < 4.78 is 5.25. The van der Waals surface area contributed by atoms with Crippen molar-refractivity contribution in [3.8, 4) is 5.75 Å². The molecule has 0 radical (unpaired) electrons. The van der Waals surface area contributed by atoms with Crippen molar-refractivity contribution in [2.45, 2.75) is 13.8 Å². The SMILES string of the molecule is COc1cc(C)c(/C=C/c2ccncn2)c(C)c1. The fourth-order valence-electron chi connectivity index (χ4n) is 1.88. The maximum absolute atomic E-state index is 5.25. The molecule has 0 N–H and O–H groups in total. The van der Waals surface area contributed by atoms with Gasteiger partial charge in [-0.25, -0.2) is 9.97 Å². The molecule has 0 aliphatic heterocycles. The minimum Gasteiger partial charge on any atom is -0.497 e. The van der Waals surface area contributed by atoms with Crippen LogP contribution >= 0.6 is 0 Å². The molecule has 2 aromatic rings. The molecule has 3 nitrogen and oxygen atoms in total. The lowest BCUT2D eigenvalue weighted by molar-refractivity contribution is 0.414. The molecule has 0 saturated carbocycles. The Morgan fingerprint density at radius 1 is 1.11 bits per heavy atom. The first kappa shape index (κ1) is 12.3. The van der Waals surface area contributed by atoms with Crippen molar-refractivity contribution in [1.82, 2.24) is 9.97 Å². The van der Waals surface area contributed by atoms with Crippen LogP contribution in [0.25, 0.3) is 12.2 Å². The summed E-state index contributed by atoms with van der Waals surface area (Å²) in [5, 5.41) is 0. The van der Waals surface area contributed by atoms with Gasteiger partial charge in [0.1, 0.15) is 12.1 Å². The highest BCUT2D eigenvalue weighted by molar-refractivity contribution is 5.71. The Balaban J connectivity index is 2.32. The molecule has 0 aliphatic rings. The van der Waals surface area contributed by atoms with E-state index in [1.54, 1.807) is 19.6 Å². The van der Waals surface area contributed by atoms with E-state index >= 15 is 0 Å². The number of hydrogen-bond acceptors (Lipinski definition) is 3. The molecule has 1 aromatic carbocycles. The molecular formula is C15H16N2O. The quantitative estimate of drug-likeness (QED) is 0.825. The second-order valence-corrected chi connectivity index (χ2v) is 4.14. The van der Waals surface area contributed by atoms with Gasteiger partial charge in [-0.3, -0.25) is 0 Å². The lowest BCUT2D eigenvalue weighted by Crippen LogP contribution is -1.90. The Morgan fingerprint density at radius 2 is 1.83 bits per heavy atom. The van der Waals surface area contributed by atoms with Crippen LogP contribution in [0.2, 0.25) is 0 Å². The predicted octanol–water partition coefficient (Wildman–Crippen LogP) is 3.27. The van der Waals surface area contributed by atoms with Crippen molar-refractivity contribution in [2.75, 3.05) is 7.11 Å². The van der Waals surface area contributed by atoms with Crippen molar-refractivity contribution in [3.05, 3.63) is 53.1 Å². The highest BCUT2D eigenvalue weighted by Crippen LogP contribution is 2.23. The molecule has 0 saturated heterocycles. The molecule has 0 aliphatic carbocycles. The molecule has 92 valence electrons. The number of aryl methyl sites for hydroxylation is 2. The summed E-state index contributed by atoms with van der Waals surface area (Å²) in [5.74, 6) is 0.893. The van der Waals surface area contributed by atoms with Crippen LogP contribution in [0.4, 0.5) is 0 Å². The minimum atomic E-state index is 0.893. The fraction of sp³-hybridized carbons (Fsp3) is 0.200. The first-order valence-electron chi connectivity index (χ1n) is 5.80. The number of ether oxygens (including phenoxy) is 1. The van der Waals surface area contributed by atoms with Gasteiger partial charge in [0.2, 0.25) is 0 Å². The van der Waals surface area contributed by atoms with E-state index in [4.69, 9.17) is 4.74 Å². The lowest BCUT2D eigenvalue weighted by atomic mass is 10.0. The lowest BCUT2D eigenvalue weighted by Gasteiger charge is -2.08. The van der Waals surface area contributed by atoms with E-state index in [9.17, 15) is 0 Å². The predicted molar refractivity (Wildman–Crippen MR) is 73.4 cm³/mol. The van der Waals surface area contributed by atoms with E-state index in [2.05, 4.69) is 29.9 Å². The van der Waals surface area contributed by atoms with Crippen LogP contribution < -0.4 is 4.74 Å². The average Bonchev–Trinajstić information content (AvgIpc) is 2.38. The maximum atomic E-state index is 5.25. The monoisotopic (exact) mass is 240 g/mol. The minimum absolute atomic E-state index is 0.893. The van der Waals surface area contributed by atoms with Crippen LogP contribution in [0.15, 0.2) is 30.7 Å². The van der Waals surface area contributed by atoms with E-state index in [1.807, 2.05) is 24.3 Å². The van der Waals surface area contributed by atoms with Crippen molar-refractivity contribution in [3.63, 3.8) is 0 Å². The molecule has 1 aromatic heterocycles. The first-order chi connectivity index (χ1) is 8.70. The van der Waals surface area contributed by atoms with Gasteiger partial charge in [-0.2, -0.15) is 0 Å². The maximum Gasteiger partial charge on any atom is 0.119 e. The van der Waals surface area contributed by atoms with Gasteiger partial charge in [0, 0.05) is 6.20 Å². The summed E-state index contributed by atoms with van der Waals surface area (Å²) in [6.07, 6.45) is 7.35. The zero-order chi connectivity index (χ0) is 13.0. The molecule has 3 heteroatoms. The summed E-state index contributed by atoms with van der Waals surface area (Å²) in [7, 11) is 1.69. The fourth-order valence-corrected chi connectivity index (χ4v) is 1.88. The van der Waals surface area contributed by atoms with Gasteiger partial charge < -0.3 is 4.74 Å². The highest BCUT2D eigenvalue weighted by Gasteiger charge is 2.02. The van der Waals surface area contributed by atoms with Crippen molar-refractivity contribution < 1.29 is 4.74 Å². The third-order valence-corrected chi connectivity index (χ3v) is 2.83. The molecule has 1 heterocycles. The molecule has 0 spiro atoms. The zero-order valence-electron chi connectivity index (χ0n) is 10.8. The summed E-state index contributed by atoms with van der Waals surface area (Å²) in [5.41, 5.74) is 4.49. The van der Waals surface area contributed by atoms with Gasteiger partial charge >= 0.3 is 0 Å². The van der Waals surface area contributed by atoms with Crippen LogP contribution in [0.3, 0.4) is 0 Å². The molecule has 0 fully saturated rings. The van der Waals surface area contributed by atoms with E-state index in [-0.39, 0.29) is 0 Å². The third-order valence-electron chi connectivity index (χ3n) is 2.83. The second-order valence-electron chi connectivity index (χ2n) is 4.14. The summed E-state index contributed by atoms with van der Waals surface area (Å²) in [6, 6.07) is 5.95. The summed E-state index contributed by atoms with van der Waals surface area (Å²) >= 11 is 0. The normalized spacial score (nSPS) is 10.8. The second kappa shape index (κ2) is 5.45. The summed E-state index contributed by atoms with van der Waals surface area (Å²) in [6.45, 7) is 4.16. The van der Waals surface area contributed by atoms with Crippen LogP contribution in [0, 0.1) is 13.8 Å². The van der Waals surface area contributed by atoms with Gasteiger partial charge in [0.05, 0.1) is 12.8 Å². The van der Waals surface area contributed by atoms with Crippen LogP contribution in [0.5, 0.6) is 5.75 Å². The van der Waals surface area contributed by atoms with E-state index in [0.29, 0.717) is 0 Å². The Hall–Kier alpha value is -2.16. The van der Waals surface area contributed by atoms with E-state index in [0.717, 1.165) is 11.4 Å². The van der Waals surface area contributed by atoms with Crippen molar-refractivity contribution in [1.29, 1.82) is 0 Å². The molecule has 0 unspecified atom stereocenters. The van der Waals surface area contributed by atoms with E-state index < -0.39 is 0 Å². The molecule has 0 atom stereocenters. The Bertz CT molecular complexity index is 539. The van der Waals surface area contributed by atoms with Crippen LogP contribution in [-0.4, -0.2) is 17.1 Å². The van der Waals surface area contributed by atoms with Crippen molar-refractivity contribution in [2.24, 2.45) is 0 Å². The largest absolute Gasteiger partial charge is 0.497 e. The molecule has 2 rings (SSSR count). The third kappa shape index (κ3) is 2.74. The molecule has 18 heavy (non-hydrogen) atoms. The van der Waals surface area contributed by atoms with Crippen LogP contribution in [-0.2, 0) is 0 Å². The van der Waals surface area contributed by atoms with Crippen LogP contribution in [0.1, 0.15) is 22.4 Å². The molecular weight excluding hydrogens is 224 g/mol. The number of hydrogen-bond donors (Lipinski definition) is 0. The Kier molecular flexibility index (Phi) is 3.72. The van der Waals surface area contributed by atoms with Gasteiger partial charge in [0.25, 0.3) is 0 Å². The number of benzene rings is 1. The van der Waals surface area contributed by atoms with Crippen molar-refractivity contribution >= 4 is 12.2 Å².